The van der Waals surface area contributed by atoms with Crippen LogP contribution in [0.3, 0.4) is 0 Å². The standard InChI is InChI=1S/C10H13NO3/c1-5-3-6(2)8-7(4-5)9(12)11(14)10(8)13/h3,6-8,14H,4H2,1-2H3/t6-,7+,8-/m1/s1. The van der Waals surface area contributed by atoms with Gasteiger partial charge in [0.05, 0.1) is 11.8 Å². The molecule has 1 aliphatic carbocycles. The zero-order chi connectivity index (χ0) is 10.5. The third-order valence-corrected chi connectivity index (χ3v) is 3.11. The number of nitrogens with zero attached hydrogens (tertiary/aromatic N) is 1. The summed E-state index contributed by atoms with van der Waals surface area (Å²) in [6, 6.07) is 0. The molecule has 2 amide bonds. The Morgan fingerprint density at radius 3 is 2.71 bits per heavy atom. The third-order valence-electron chi connectivity index (χ3n) is 3.11. The summed E-state index contributed by atoms with van der Waals surface area (Å²) in [5.74, 6) is -1.54. The largest absolute Gasteiger partial charge is 0.278 e. The minimum atomic E-state index is -0.448. The highest BCUT2D eigenvalue weighted by Gasteiger charge is 2.50. The fraction of sp³-hybridized carbons (Fsp3) is 0.600. The van der Waals surface area contributed by atoms with E-state index in [1.807, 2.05) is 19.9 Å². The fourth-order valence-electron chi connectivity index (χ4n) is 2.51. The molecule has 1 saturated heterocycles. The van der Waals surface area contributed by atoms with E-state index >= 15 is 0 Å². The van der Waals surface area contributed by atoms with Gasteiger partial charge in [-0.1, -0.05) is 18.6 Å². The summed E-state index contributed by atoms with van der Waals surface area (Å²) in [7, 11) is 0. The molecule has 1 fully saturated rings. The molecule has 0 aromatic carbocycles. The Balaban J connectivity index is 2.37. The lowest BCUT2D eigenvalue weighted by Gasteiger charge is -2.25. The quantitative estimate of drug-likeness (QED) is 0.356. The van der Waals surface area contributed by atoms with Gasteiger partial charge in [-0.15, -0.1) is 0 Å². The van der Waals surface area contributed by atoms with Crippen LogP contribution in [-0.4, -0.2) is 22.1 Å². The van der Waals surface area contributed by atoms with Gasteiger partial charge < -0.3 is 0 Å². The fourth-order valence-corrected chi connectivity index (χ4v) is 2.51. The molecular weight excluding hydrogens is 182 g/mol. The van der Waals surface area contributed by atoms with Crippen LogP contribution in [0, 0.1) is 17.8 Å². The number of fused-ring (bicyclic) bond motifs is 1. The van der Waals surface area contributed by atoms with Crippen LogP contribution in [0.5, 0.6) is 0 Å². The number of hydrogen-bond donors (Lipinski definition) is 1. The van der Waals surface area contributed by atoms with E-state index < -0.39 is 11.8 Å². The molecule has 2 rings (SSSR count). The van der Waals surface area contributed by atoms with Crippen molar-refractivity contribution in [3.63, 3.8) is 0 Å². The number of carbonyl (C=O) groups excluding carboxylic acids is 2. The summed E-state index contributed by atoms with van der Waals surface area (Å²) in [4.78, 5) is 23.0. The lowest BCUT2D eigenvalue weighted by Crippen LogP contribution is -2.28. The van der Waals surface area contributed by atoms with Gasteiger partial charge in [0.25, 0.3) is 11.8 Å². The summed E-state index contributed by atoms with van der Waals surface area (Å²) in [6.45, 7) is 3.86. The number of allylic oxidation sites excluding steroid dienone is 2. The molecule has 76 valence electrons. The van der Waals surface area contributed by atoms with Crippen molar-refractivity contribution >= 4 is 11.8 Å². The molecule has 0 radical (unpaired) electrons. The SMILES string of the molecule is CC1=C[C@@H](C)[C@H]2C(=O)N(O)C(=O)[C@H]2C1. The molecule has 4 heteroatoms. The minimum absolute atomic E-state index is 0.0438. The first-order chi connectivity index (χ1) is 6.52. The van der Waals surface area contributed by atoms with Crippen LogP contribution in [0.15, 0.2) is 11.6 Å². The summed E-state index contributed by atoms with van der Waals surface area (Å²) >= 11 is 0. The van der Waals surface area contributed by atoms with Crippen LogP contribution in [0.1, 0.15) is 20.3 Å². The number of carbonyl (C=O) groups is 2. The van der Waals surface area contributed by atoms with Crippen LogP contribution < -0.4 is 0 Å². The first kappa shape index (κ1) is 9.40. The second-order valence-electron chi connectivity index (χ2n) is 4.20. The molecule has 0 unspecified atom stereocenters. The highest BCUT2D eigenvalue weighted by molar-refractivity contribution is 6.04. The van der Waals surface area contributed by atoms with E-state index in [4.69, 9.17) is 0 Å². The van der Waals surface area contributed by atoms with Crippen molar-refractivity contribution in [2.45, 2.75) is 20.3 Å². The molecule has 3 atom stereocenters. The van der Waals surface area contributed by atoms with Crippen LogP contribution in [0.4, 0.5) is 0 Å². The number of hydroxylamine groups is 2. The Kier molecular flexibility index (Phi) is 1.96. The zero-order valence-electron chi connectivity index (χ0n) is 8.23. The number of imide groups is 1. The molecule has 0 spiro atoms. The number of amides is 2. The van der Waals surface area contributed by atoms with Gasteiger partial charge in [0.2, 0.25) is 0 Å². The Labute approximate surface area is 82.2 Å². The molecule has 0 aromatic heterocycles. The first-order valence-electron chi connectivity index (χ1n) is 4.76. The first-order valence-corrected chi connectivity index (χ1v) is 4.76. The van der Waals surface area contributed by atoms with Crippen molar-refractivity contribution in [2.75, 3.05) is 0 Å². The maximum Gasteiger partial charge on any atom is 0.257 e. The molecule has 0 bridgehead atoms. The van der Waals surface area contributed by atoms with E-state index in [0.29, 0.717) is 6.42 Å². The molecule has 0 saturated carbocycles. The van der Waals surface area contributed by atoms with Crippen LogP contribution in [0.25, 0.3) is 0 Å². The molecule has 2 aliphatic rings. The zero-order valence-corrected chi connectivity index (χ0v) is 8.23. The van der Waals surface area contributed by atoms with Gasteiger partial charge >= 0.3 is 0 Å². The van der Waals surface area contributed by atoms with Crippen molar-refractivity contribution in [3.05, 3.63) is 11.6 Å². The van der Waals surface area contributed by atoms with Gasteiger partial charge in [0.1, 0.15) is 0 Å². The van der Waals surface area contributed by atoms with Gasteiger partial charge in [-0.2, -0.15) is 5.06 Å². The Morgan fingerprint density at radius 1 is 1.43 bits per heavy atom. The van der Waals surface area contributed by atoms with E-state index in [2.05, 4.69) is 0 Å². The molecule has 4 nitrogen and oxygen atoms in total. The van der Waals surface area contributed by atoms with Crippen molar-refractivity contribution in [3.8, 4) is 0 Å². The van der Waals surface area contributed by atoms with E-state index in [1.54, 1.807) is 0 Å². The van der Waals surface area contributed by atoms with Crippen LogP contribution >= 0.6 is 0 Å². The van der Waals surface area contributed by atoms with E-state index in [1.165, 1.54) is 0 Å². The van der Waals surface area contributed by atoms with E-state index in [9.17, 15) is 14.8 Å². The van der Waals surface area contributed by atoms with Gasteiger partial charge in [-0.25, -0.2) is 0 Å². The maximum atomic E-state index is 11.5. The lowest BCUT2D eigenvalue weighted by atomic mass is 9.76. The van der Waals surface area contributed by atoms with Gasteiger partial charge in [-0.05, 0) is 19.3 Å². The lowest BCUT2D eigenvalue weighted by molar-refractivity contribution is -0.173. The van der Waals surface area contributed by atoms with Gasteiger partial charge in [0.15, 0.2) is 0 Å². The molecule has 1 heterocycles. The summed E-state index contributed by atoms with van der Waals surface area (Å²) in [6.07, 6.45) is 2.60. The average Bonchev–Trinajstić information content (AvgIpc) is 2.31. The number of rotatable bonds is 0. The van der Waals surface area contributed by atoms with Crippen LogP contribution in [-0.2, 0) is 9.59 Å². The van der Waals surface area contributed by atoms with E-state index in [0.717, 1.165) is 5.57 Å². The molecule has 1 N–H and O–H groups in total. The van der Waals surface area contributed by atoms with Crippen LogP contribution in [0.2, 0.25) is 0 Å². The second kappa shape index (κ2) is 2.92. The monoisotopic (exact) mass is 195 g/mol. The average molecular weight is 195 g/mol. The summed E-state index contributed by atoms with van der Waals surface area (Å²) < 4.78 is 0. The highest BCUT2D eigenvalue weighted by Crippen LogP contribution is 2.39. The van der Waals surface area contributed by atoms with Crippen molar-refractivity contribution in [2.24, 2.45) is 17.8 Å². The normalized spacial score (nSPS) is 37.2. The highest BCUT2D eigenvalue weighted by atomic mass is 16.5. The van der Waals surface area contributed by atoms with E-state index in [-0.39, 0.29) is 22.8 Å². The Hall–Kier alpha value is -1.16. The van der Waals surface area contributed by atoms with Crippen molar-refractivity contribution in [1.29, 1.82) is 0 Å². The van der Waals surface area contributed by atoms with Gasteiger partial charge in [0, 0.05) is 0 Å². The second-order valence-corrected chi connectivity index (χ2v) is 4.20. The summed E-state index contributed by atoms with van der Waals surface area (Å²) in [5.41, 5.74) is 1.12. The Bertz CT molecular complexity index is 334. The Morgan fingerprint density at radius 2 is 2.07 bits per heavy atom. The topological polar surface area (TPSA) is 57.6 Å². The molecular formula is C10H13NO3. The molecule has 14 heavy (non-hydrogen) atoms. The molecule has 1 aliphatic heterocycles. The molecule has 0 aromatic rings. The predicted octanol–water partition coefficient (Wildman–Crippen LogP) is 0.963. The minimum Gasteiger partial charge on any atom is -0.278 e. The van der Waals surface area contributed by atoms with Crippen molar-refractivity contribution < 1.29 is 14.8 Å². The summed E-state index contributed by atoms with van der Waals surface area (Å²) in [5, 5.41) is 9.50. The predicted molar refractivity (Wildman–Crippen MR) is 48.2 cm³/mol. The third kappa shape index (κ3) is 1.10. The van der Waals surface area contributed by atoms with Gasteiger partial charge in [-0.3, -0.25) is 14.8 Å². The number of hydrogen-bond acceptors (Lipinski definition) is 3. The smallest absolute Gasteiger partial charge is 0.257 e. The van der Waals surface area contributed by atoms with Crippen molar-refractivity contribution in [1.82, 2.24) is 5.06 Å². The maximum absolute atomic E-state index is 11.5.